The van der Waals surface area contributed by atoms with Gasteiger partial charge in [0.2, 0.25) is 10.0 Å². The number of hydrogen-bond donors (Lipinski definition) is 2. The normalized spacial score (nSPS) is 25.3. The molecule has 0 bridgehead atoms. The number of nitrogens with one attached hydrogen (secondary N) is 1. The molecule has 10 nitrogen and oxygen atoms in total. The van der Waals surface area contributed by atoms with Crippen LogP contribution < -0.4 is 4.72 Å². The van der Waals surface area contributed by atoms with E-state index in [1.807, 2.05) is 4.90 Å². The molecule has 2 fully saturated rings. The van der Waals surface area contributed by atoms with Gasteiger partial charge in [0, 0.05) is 70.2 Å². The van der Waals surface area contributed by atoms with Gasteiger partial charge in [0.05, 0.1) is 10.9 Å². The first-order valence-corrected chi connectivity index (χ1v) is 18.1. The number of amidine groups is 1. The minimum absolute atomic E-state index is 0.0948. The highest BCUT2D eigenvalue weighted by Crippen LogP contribution is 2.47. The lowest BCUT2D eigenvalue weighted by Gasteiger charge is -2.34. The Morgan fingerprint density at radius 1 is 1.11 bits per heavy atom. The molecule has 3 aromatic heterocycles. The van der Waals surface area contributed by atoms with Crippen molar-refractivity contribution in [1.29, 1.82) is 0 Å². The molecule has 4 aromatic rings. The van der Waals surface area contributed by atoms with Crippen LogP contribution in [-0.2, 0) is 15.6 Å². The molecule has 7 rings (SSSR count). The number of thiazole rings is 2. The molecule has 242 valence electrons. The standard InChI is InChI=1S/C29H27ClF3N7O3S3/c30-20-13-16(31)1-2-19(20)24-23(21-5-10-40(37-21)28(32)33)22-14-17(15-39(22)25(36-24)26-34-8-11-44-26)38-46(42,43)18-3-6-29(41,7-4-18)27-35-9-12-45-27/h1-2,5,8-13,17-18,24,28,38,41H,3-4,6-7,14-15H2/t17?,18?,24-,29?/m0/s1. The third kappa shape index (κ3) is 5.79. The molecule has 1 unspecified atom stereocenters. The van der Waals surface area contributed by atoms with Crippen LogP contribution in [-0.4, -0.2) is 61.8 Å². The van der Waals surface area contributed by atoms with E-state index >= 15 is 0 Å². The van der Waals surface area contributed by atoms with Crippen molar-refractivity contribution >= 4 is 55.7 Å². The van der Waals surface area contributed by atoms with Crippen LogP contribution in [0.2, 0.25) is 5.02 Å². The first-order chi connectivity index (χ1) is 22.0. The number of nitrogens with zero attached hydrogens (tertiary/aromatic N) is 6. The predicted octanol–water partition coefficient (Wildman–Crippen LogP) is 5.72. The molecule has 3 aliphatic rings. The highest BCUT2D eigenvalue weighted by atomic mass is 35.5. The van der Waals surface area contributed by atoms with Crippen LogP contribution in [0, 0.1) is 5.82 Å². The summed E-state index contributed by atoms with van der Waals surface area (Å²) in [7, 11) is -3.83. The average Bonchev–Trinajstić information content (AvgIpc) is 3.84. The third-order valence-electron chi connectivity index (χ3n) is 8.58. The SMILES string of the molecule is O=S(=O)(NC1CC2=C(c3ccn(C(F)F)n3)[C@H](c3ccc(F)cc3Cl)N=C(c3nccs3)N2C1)C1CCC(O)(c2nccs2)CC1. The van der Waals surface area contributed by atoms with Crippen LogP contribution in [0.25, 0.3) is 5.57 Å². The molecule has 0 radical (unpaired) electrons. The lowest BCUT2D eigenvalue weighted by Crippen LogP contribution is -2.46. The lowest BCUT2D eigenvalue weighted by molar-refractivity contribution is 0.00000107. The van der Waals surface area contributed by atoms with Crippen molar-refractivity contribution in [3.8, 4) is 0 Å². The van der Waals surface area contributed by atoms with Crippen LogP contribution in [0.4, 0.5) is 13.2 Å². The van der Waals surface area contributed by atoms with Crippen molar-refractivity contribution < 1.29 is 26.7 Å². The van der Waals surface area contributed by atoms with E-state index in [0.29, 0.717) is 37.4 Å². The summed E-state index contributed by atoms with van der Waals surface area (Å²) < 4.78 is 72.2. The Bertz CT molecular complexity index is 1910. The fraction of sp³-hybridized carbons (Fsp3) is 0.379. The maximum absolute atomic E-state index is 14.1. The summed E-state index contributed by atoms with van der Waals surface area (Å²) in [5.74, 6) is -0.0880. The Morgan fingerprint density at radius 2 is 1.87 bits per heavy atom. The molecule has 0 amide bonds. The van der Waals surface area contributed by atoms with Crippen LogP contribution in [0.15, 0.2) is 64.3 Å². The van der Waals surface area contributed by atoms with Gasteiger partial charge in [-0.2, -0.15) is 13.9 Å². The molecule has 1 aliphatic carbocycles. The fourth-order valence-electron chi connectivity index (χ4n) is 6.41. The Hall–Kier alpha value is -3.15. The van der Waals surface area contributed by atoms with E-state index in [1.165, 1.54) is 40.9 Å². The monoisotopic (exact) mass is 709 g/mol. The number of aromatic nitrogens is 4. The molecule has 2 atom stereocenters. The molecule has 0 spiro atoms. The summed E-state index contributed by atoms with van der Waals surface area (Å²) in [4.78, 5) is 15.5. The van der Waals surface area contributed by atoms with Gasteiger partial charge in [-0.3, -0.25) is 4.99 Å². The van der Waals surface area contributed by atoms with Crippen molar-refractivity contribution in [2.75, 3.05) is 6.54 Å². The Kier molecular flexibility index (Phi) is 8.30. The molecule has 5 heterocycles. The third-order valence-corrected chi connectivity index (χ3v) is 12.7. The Labute approximate surface area is 275 Å². The summed E-state index contributed by atoms with van der Waals surface area (Å²) in [6.45, 7) is -2.68. The minimum Gasteiger partial charge on any atom is -0.383 e. The number of aliphatic imine (C=N–C) groups is 1. The number of aliphatic hydroxyl groups is 1. The smallest absolute Gasteiger partial charge is 0.333 e. The van der Waals surface area contributed by atoms with Crippen LogP contribution in [0.5, 0.6) is 0 Å². The fourth-order valence-corrected chi connectivity index (χ4v) is 9.79. The zero-order valence-corrected chi connectivity index (χ0v) is 27.1. The van der Waals surface area contributed by atoms with Crippen molar-refractivity contribution in [3.05, 3.63) is 91.4 Å². The summed E-state index contributed by atoms with van der Waals surface area (Å²) in [6, 6.07) is 3.89. The van der Waals surface area contributed by atoms with E-state index in [0.717, 1.165) is 12.3 Å². The molecule has 1 aromatic carbocycles. The summed E-state index contributed by atoms with van der Waals surface area (Å²) in [5, 5.41) is 19.3. The molecule has 2 aliphatic heterocycles. The van der Waals surface area contributed by atoms with Gasteiger partial charge in [-0.15, -0.1) is 22.7 Å². The minimum atomic E-state index is -3.83. The molecule has 1 saturated heterocycles. The molecular formula is C29H27ClF3N7O3S3. The summed E-state index contributed by atoms with van der Waals surface area (Å²) in [5.41, 5.74) is 0.584. The lowest BCUT2D eigenvalue weighted by atomic mass is 9.85. The van der Waals surface area contributed by atoms with Crippen LogP contribution in [0.1, 0.15) is 66.0 Å². The highest BCUT2D eigenvalue weighted by molar-refractivity contribution is 7.90. The van der Waals surface area contributed by atoms with Crippen molar-refractivity contribution in [1.82, 2.24) is 29.4 Å². The topological polar surface area (TPSA) is 126 Å². The predicted molar refractivity (Wildman–Crippen MR) is 169 cm³/mol. The van der Waals surface area contributed by atoms with E-state index < -0.39 is 45.3 Å². The van der Waals surface area contributed by atoms with E-state index in [9.17, 15) is 26.7 Å². The van der Waals surface area contributed by atoms with Gasteiger partial charge in [-0.05, 0) is 43.9 Å². The van der Waals surface area contributed by atoms with Crippen molar-refractivity contribution in [2.45, 2.75) is 61.6 Å². The van der Waals surface area contributed by atoms with Gasteiger partial charge in [0.25, 0.3) is 0 Å². The maximum Gasteiger partial charge on any atom is 0.333 e. The number of halogens is 4. The number of benzene rings is 1. The van der Waals surface area contributed by atoms with E-state index in [1.54, 1.807) is 23.2 Å². The second-order valence-electron chi connectivity index (χ2n) is 11.4. The number of alkyl halides is 2. The van der Waals surface area contributed by atoms with Crippen LogP contribution in [0.3, 0.4) is 0 Å². The first-order valence-electron chi connectivity index (χ1n) is 14.4. The van der Waals surface area contributed by atoms with Crippen LogP contribution >= 0.6 is 34.3 Å². The zero-order valence-electron chi connectivity index (χ0n) is 23.9. The largest absolute Gasteiger partial charge is 0.383 e. The quantitative estimate of drug-likeness (QED) is 0.240. The van der Waals surface area contributed by atoms with Gasteiger partial charge >= 0.3 is 6.55 Å². The Morgan fingerprint density at radius 3 is 2.52 bits per heavy atom. The molecule has 2 N–H and O–H groups in total. The molecular weight excluding hydrogens is 683 g/mol. The van der Waals surface area contributed by atoms with Gasteiger partial charge in [0.1, 0.15) is 22.5 Å². The molecule has 1 saturated carbocycles. The highest BCUT2D eigenvalue weighted by Gasteiger charge is 2.45. The maximum atomic E-state index is 14.1. The number of sulfonamides is 1. The Balaban J connectivity index is 1.24. The second-order valence-corrected chi connectivity index (χ2v) is 15.6. The molecule has 46 heavy (non-hydrogen) atoms. The van der Waals surface area contributed by atoms with Crippen molar-refractivity contribution in [3.63, 3.8) is 0 Å². The average molecular weight is 710 g/mol. The van der Waals surface area contributed by atoms with E-state index in [-0.39, 0.29) is 49.4 Å². The van der Waals surface area contributed by atoms with E-state index in [2.05, 4.69) is 19.8 Å². The zero-order chi connectivity index (χ0) is 32.2. The van der Waals surface area contributed by atoms with Gasteiger partial charge in [-0.25, -0.2) is 32.2 Å². The van der Waals surface area contributed by atoms with E-state index in [4.69, 9.17) is 16.6 Å². The van der Waals surface area contributed by atoms with Gasteiger partial charge in [-0.1, -0.05) is 17.7 Å². The van der Waals surface area contributed by atoms with Crippen molar-refractivity contribution in [2.24, 2.45) is 4.99 Å². The van der Waals surface area contributed by atoms with Gasteiger partial charge < -0.3 is 10.0 Å². The number of hydrogen-bond acceptors (Lipinski definition) is 10. The summed E-state index contributed by atoms with van der Waals surface area (Å²) in [6.07, 6.45) is 5.67. The first kappa shape index (κ1) is 31.4. The number of fused-ring (bicyclic) bond motifs is 1. The molecule has 17 heteroatoms. The second kappa shape index (κ2) is 12.1. The van der Waals surface area contributed by atoms with Gasteiger partial charge in [0.15, 0.2) is 10.8 Å². The number of rotatable bonds is 8. The summed E-state index contributed by atoms with van der Waals surface area (Å²) >= 11 is 9.21.